The normalized spacial score (nSPS) is 42.4. The Balaban J connectivity index is 1.76. The molecular weight excluding hydrogens is 360 g/mol. The minimum atomic E-state index is -1.01. The van der Waals surface area contributed by atoms with Crippen LogP contribution in [0.15, 0.2) is 23.0 Å². The molecule has 2 aliphatic carbocycles. The SMILES string of the molecule is CC(=O)O[C@@H]1C[C@@H](C)[C@](O)(CCc2ccoc2)[C@]23CCC[C@](C)(C(=O)OC2)[C@H]13. The second-order valence-electron chi connectivity index (χ2n) is 9.32. The van der Waals surface area contributed by atoms with Gasteiger partial charge in [0.05, 0.1) is 23.5 Å². The Hall–Kier alpha value is -1.82. The van der Waals surface area contributed by atoms with E-state index in [1.54, 1.807) is 12.5 Å². The maximum atomic E-state index is 12.8. The highest BCUT2D eigenvalue weighted by Crippen LogP contribution is 2.66. The Morgan fingerprint density at radius 3 is 2.86 bits per heavy atom. The van der Waals surface area contributed by atoms with Crippen LogP contribution >= 0.6 is 0 Å². The molecule has 1 saturated heterocycles. The molecule has 0 aromatic carbocycles. The van der Waals surface area contributed by atoms with Gasteiger partial charge in [-0.05, 0) is 56.6 Å². The van der Waals surface area contributed by atoms with Gasteiger partial charge in [0.1, 0.15) is 12.7 Å². The predicted octanol–water partition coefficient (Wildman–Crippen LogP) is 3.26. The first kappa shape index (κ1) is 19.5. The molecule has 0 radical (unpaired) electrons. The van der Waals surface area contributed by atoms with Crippen LogP contribution in [-0.2, 0) is 25.5 Å². The second kappa shape index (κ2) is 6.61. The summed E-state index contributed by atoms with van der Waals surface area (Å²) in [5.41, 5.74) is -1.30. The fourth-order valence-electron chi connectivity index (χ4n) is 6.58. The lowest BCUT2D eigenvalue weighted by atomic mass is 9.41. The average Bonchev–Trinajstić information content (AvgIpc) is 3.14. The molecule has 1 aromatic rings. The summed E-state index contributed by atoms with van der Waals surface area (Å²) in [5, 5.41) is 12.1. The fraction of sp³-hybridized carbons (Fsp3) is 0.727. The van der Waals surface area contributed by atoms with Crippen molar-refractivity contribution in [1.82, 2.24) is 0 Å². The van der Waals surface area contributed by atoms with E-state index in [-0.39, 0.29) is 36.5 Å². The van der Waals surface area contributed by atoms with E-state index < -0.39 is 16.4 Å². The number of aliphatic hydroxyl groups is 1. The van der Waals surface area contributed by atoms with Crippen molar-refractivity contribution in [3.8, 4) is 0 Å². The van der Waals surface area contributed by atoms with E-state index in [0.29, 0.717) is 25.7 Å². The molecule has 6 atom stereocenters. The first-order valence-corrected chi connectivity index (χ1v) is 10.3. The van der Waals surface area contributed by atoms with Crippen LogP contribution in [0.2, 0.25) is 0 Å². The minimum absolute atomic E-state index is 0.0841. The molecule has 28 heavy (non-hydrogen) atoms. The van der Waals surface area contributed by atoms with Crippen LogP contribution in [0.3, 0.4) is 0 Å². The Morgan fingerprint density at radius 1 is 1.39 bits per heavy atom. The molecule has 6 heteroatoms. The predicted molar refractivity (Wildman–Crippen MR) is 100 cm³/mol. The van der Waals surface area contributed by atoms with Crippen LogP contribution in [0.5, 0.6) is 0 Å². The summed E-state index contributed by atoms with van der Waals surface area (Å²) in [4.78, 5) is 24.6. The van der Waals surface area contributed by atoms with Crippen LogP contribution in [0.25, 0.3) is 0 Å². The van der Waals surface area contributed by atoms with Crippen LogP contribution in [0, 0.1) is 22.7 Å². The Kier molecular flexibility index (Phi) is 4.60. The smallest absolute Gasteiger partial charge is 0.312 e. The number of esters is 2. The third-order valence-corrected chi connectivity index (χ3v) is 7.86. The molecule has 1 N–H and O–H groups in total. The van der Waals surface area contributed by atoms with Crippen molar-refractivity contribution in [3.05, 3.63) is 24.2 Å². The van der Waals surface area contributed by atoms with Gasteiger partial charge in [0.25, 0.3) is 0 Å². The maximum absolute atomic E-state index is 12.8. The lowest BCUT2D eigenvalue weighted by Gasteiger charge is -2.67. The van der Waals surface area contributed by atoms with E-state index in [4.69, 9.17) is 13.9 Å². The largest absolute Gasteiger partial charge is 0.472 e. The summed E-state index contributed by atoms with van der Waals surface area (Å²) in [6.07, 6.45) is 7.10. The number of aryl methyl sites for hydroxylation is 1. The zero-order chi connectivity index (χ0) is 20.2. The van der Waals surface area contributed by atoms with Crippen molar-refractivity contribution in [1.29, 1.82) is 0 Å². The molecule has 3 fully saturated rings. The van der Waals surface area contributed by atoms with Gasteiger partial charge < -0.3 is 19.0 Å². The summed E-state index contributed by atoms with van der Waals surface area (Å²) in [5.74, 6) is -0.878. The monoisotopic (exact) mass is 390 g/mol. The Morgan fingerprint density at radius 2 is 2.18 bits per heavy atom. The molecule has 0 amide bonds. The molecule has 0 unspecified atom stereocenters. The lowest BCUT2D eigenvalue weighted by molar-refractivity contribution is -0.291. The molecule has 6 nitrogen and oxygen atoms in total. The van der Waals surface area contributed by atoms with Crippen LogP contribution < -0.4 is 0 Å². The zero-order valence-electron chi connectivity index (χ0n) is 16.9. The van der Waals surface area contributed by atoms with Crippen LogP contribution in [0.4, 0.5) is 0 Å². The van der Waals surface area contributed by atoms with Crippen molar-refractivity contribution in [2.45, 2.75) is 71.0 Å². The number of rotatable bonds is 4. The highest BCUT2D eigenvalue weighted by molar-refractivity contribution is 5.78. The van der Waals surface area contributed by atoms with Gasteiger partial charge in [-0.3, -0.25) is 9.59 Å². The topological polar surface area (TPSA) is 86.0 Å². The van der Waals surface area contributed by atoms with Crippen LogP contribution in [0.1, 0.15) is 58.4 Å². The van der Waals surface area contributed by atoms with E-state index in [0.717, 1.165) is 18.4 Å². The summed E-state index contributed by atoms with van der Waals surface area (Å²) >= 11 is 0. The molecule has 1 aliphatic heterocycles. The van der Waals surface area contributed by atoms with Gasteiger partial charge in [-0.15, -0.1) is 0 Å². The van der Waals surface area contributed by atoms with Gasteiger partial charge in [-0.1, -0.05) is 13.3 Å². The summed E-state index contributed by atoms with van der Waals surface area (Å²) in [7, 11) is 0. The highest BCUT2D eigenvalue weighted by atomic mass is 16.6. The number of hydrogen-bond donors (Lipinski definition) is 1. The molecule has 2 saturated carbocycles. The summed E-state index contributed by atoms with van der Waals surface area (Å²) in [6.45, 7) is 5.56. The molecule has 0 spiro atoms. The van der Waals surface area contributed by atoms with Gasteiger partial charge in [0.2, 0.25) is 0 Å². The van der Waals surface area contributed by atoms with Crippen molar-refractivity contribution in [2.75, 3.05) is 6.61 Å². The second-order valence-corrected chi connectivity index (χ2v) is 9.32. The summed E-state index contributed by atoms with van der Waals surface area (Å²) < 4.78 is 16.6. The minimum Gasteiger partial charge on any atom is -0.472 e. The number of furan rings is 1. The number of ether oxygens (including phenoxy) is 2. The molecule has 4 rings (SSSR count). The van der Waals surface area contributed by atoms with Gasteiger partial charge in [-0.25, -0.2) is 0 Å². The van der Waals surface area contributed by atoms with E-state index in [2.05, 4.69) is 0 Å². The Bertz CT molecular complexity index is 757. The van der Waals surface area contributed by atoms with E-state index >= 15 is 0 Å². The van der Waals surface area contributed by atoms with E-state index in [9.17, 15) is 14.7 Å². The van der Waals surface area contributed by atoms with E-state index in [1.807, 2.05) is 19.9 Å². The average molecular weight is 390 g/mol. The number of carbonyl (C=O) groups excluding carboxylic acids is 2. The quantitative estimate of drug-likeness (QED) is 0.794. The van der Waals surface area contributed by atoms with Gasteiger partial charge in [0.15, 0.2) is 0 Å². The number of cyclic esters (lactones) is 1. The fourth-order valence-corrected chi connectivity index (χ4v) is 6.58. The molecule has 154 valence electrons. The molecule has 2 bridgehead atoms. The number of carbonyl (C=O) groups is 2. The zero-order valence-corrected chi connectivity index (χ0v) is 16.9. The molecule has 3 aliphatic rings. The van der Waals surface area contributed by atoms with Crippen molar-refractivity contribution in [2.24, 2.45) is 22.7 Å². The van der Waals surface area contributed by atoms with Gasteiger partial charge >= 0.3 is 11.9 Å². The summed E-state index contributed by atoms with van der Waals surface area (Å²) in [6, 6.07) is 1.92. The first-order chi connectivity index (χ1) is 13.2. The van der Waals surface area contributed by atoms with Crippen LogP contribution in [-0.4, -0.2) is 35.4 Å². The highest BCUT2D eigenvalue weighted by Gasteiger charge is 2.72. The van der Waals surface area contributed by atoms with Crippen molar-refractivity contribution >= 4 is 11.9 Å². The third-order valence-electron chi connectivity index (χ3n) is 7.86. The van der Waals surface area contributed by atoms with Crippen molar-refractivity contribution < 1.29 is 28.6 Å². The standard InChI is InChI=1S/C22H30O6/c1-14-11-17(28-15(2)23)18-20(3)7-4-8-21(18,13-27-19(20)24)22(14,25)9-5-16-6-10-26-12-16/h6,10,12,14,17-18,25H,4-5,7-9,11,13H2,1-3H3/t14-,17-,18+,20+,21-,22-/m1/s1. The number of hydrogen-bond acceptors (Lipinski definition) is 6. The van der Waals surface area contributed by atoms with Gasteiger partial charge in [-0.2, -0.15) is 0 Å². The van der Waals surface area contributed by atoms with Crippen molar-refractivity contribution in [3.63, 3.8) is 0 Å². The van der Waals surface area contributed by atoms with E-state index in [1.165, 1.54) is 6.92 Å². The third kappa shape index (κ3) is 2.64. The first-order valence-electron chi connectivity index (χ1n) is 10.3. The molecular formula is C22H30O6. The van der Waals surface area contributed by atoms with Gasteiger partial charge in [0, 0.05) is 18.3 Å². The molecule has 1 aromatic heterocycles. The molecule has 2 heterocycles. The maximum Gasteiger partial charge on any atom is 0.312 e. The lowest BCUT2D eigenvalue weighted by Crippen LogP contribution is -2.73. The Labute approximate surface area is 165 Å².